The van der Waals surface area contributed by atoms with Crippen LogP contribution in [0.3, 0.4) is 0 Å². The molecule has 1 saturated heterocycles. The highest BCUT2D eigenvalue weighted by Crippen LogP contribution is 2.35. The van der Waals surface area contributed by atoms with Gasteiger partial charge in [-0.2, -0.15) is 21.6 Å². The van der Waals surface area contributed by atoms with Crippen LogP contribution in [0.5, 0.6) is 5.75 Å². The number of morpholine rings is 1. The molecule has 35 heavy (non-hydrogen) atoms. The Labute approximate surface area is 198 Å². The van der Waals surface area contributed by atoms with Crippen molar-refractivity contribution in [1.82, 2.24) is 20.2 Å². The van der Waals surface area contributed by atoms with Crippen LogP contribution in [0.2, 0.25) is 0 Å². The molecule has 1 aromatic heterocycles. The SMILES string of the molecule is O=C(NCCN1CCOCC1)Nc1nc2cc(OS(=O)(=O)c3ccccc3C(F)(F)F)ccc2[nH]1. The number of H-pyrrole nitrogens is 1. The van der Waals surface area contributed by atoms with E-state index in [0.29, 0.717) is 37.9 Å². The Kier molecular flexibility index (Phi) is 7.14. The molecule has 4 rings (SSSR count). The van der Waals surface area contributed by atoms with Gasteiger partial charge in [-0.1, -0.05) is 12.1 Å². The second kappa shape index (κ2) is 10.1. The first-order valence-electron chi connectivity index (χ1n) is 10.6. The van der Waals surface area contributed by atoms with Gasteiger partial charge in [-0.05, 0) is 24.3 Å². The molecule has 1 aliphatic heterocycles. The summed E-state index contributed by atoms with van der Waals surface area (Å²) < 4.78 is 75.0. The minimum Gasteiger partial charge on any atom is -0.379 e. The maximum Gasteiger partial charge on any atom is 0.417 e. The van der Waals surface area contributed by atoms with Crippen molar-refractivity contribution in [1.29, 1.82) is 0 Å². The second-order valence-corrected chi connectivity index (χ2v) is 9.15. The normalized spacial score (nSPS) is 15.2. The number of carbonyl (C=O) groups is 1. The third-order valence-corrected chi connectivity index (χ3v) is 6.48. The summed E-state index contributed by atoms with van der Waals surface area (Å²) in [6, 6.07) is 7.20. The molecule has 3 N–H and O–H groups in total. The Bertz CT molecular complexity index is 1310. The lowest BCUT2D eigenvalue weighted by molar-refractivity contribution is -0.139. The Morgan fingerprint density at radius 1 is 1.17 bits per heavy atom. The van der Waals surface area contributed by atoms with Gasteiger partial charge < -0.3 is 19.2 Å². The molecule has 2 aromatic carbocycles. The summed E-state index contributed by atoms with van der Waals surface area (Å²) in [6.07, 6.45) is -4.87. The molecule has 14 heteroatoms. The van der Waals surface area contributed by atoms with Crippen LogP contribution in [0.1, 0.15) is 5.56 Å². The fourth-order valence-electron chi connectivity index (χ4n) is 3.49. The minimum absolute atomic E-state index is 0.103. The molecular weight excluding hydrogens is 491 g/mol. The van der Waals surface area contributed by atoms with E-state index in [4.69, 9.17) is 8.92 Å². The van der Waals surface area contributed by atoms with Gasteiger partial charge >= 0.3 is 22.3 Å². The van der Waals surface area contributed by atoms with Gasteiger partial charge in [0.15, 0.2) is 0 Å². The van der Waals surface area contributed by atoms with Crippen LogP contribution in [0, 0.1) is 0 Å². The van der Waals surface area contributed by atoms with E-state index >= 15 is 0 Å². The Morgan fingerprint density at radius 3 is 2.66 bits per heavy atom. The van der Waals surface area contributed by atoms with Gasteiger partial charge in [0.25, 0.3) is 0 Å². The fraction of sp³-hybridized carbons (Fsp3) is 0.333. The molecule has 0 saturated carbocycles. The van der Waals surface area contributed by atoms with Crippen LogP contribution in [0.15, 0.2) is 47.4 Å². The number of imidazole rings is 1. The van der Waals surface area contributed by atoms with Crippen LogP contribution >= 0.6 is 0 Å². The number of alkyl halides is 3. The van der Waals surface area contributed by atoms with Gasteiger partial charge in [0.05, 0.1) is 29.8 Å². The number of fused-ring (bicyclic) bond motifs is 1. The van der Waals surface area contributed by atoms with Crippen molar-refractivity contribution in [3.63, 3.8) is 0 Å². The lowest BCUT2D eigenvalue weighted by Crippen LogP contribution is -2.42. The van der Waals surface area contributed by atoms with E-state index in [9.17, 15) is 26.4 Å². The van der Waals surface area contributed by atoms with Gasteiger partial charge in [0.1, 0.15) is 10.6 Å². The van der Waals surface area contributed by atoms with Gasteiger partial charge in [-0.15, -0.1) is 0 Å². The first-order chi connectivity index (χ1) is 16.6. The Morgan fingerprint density at radius 2 is 1.91 bits per heavy atom. The van der Waals surface area contributed by atoms with Crippen molar-refractivity contribution in [2.75, 3.05) is 44.7 Å². The van der Waals surface area contributed by atoms with E-state index in [1.165, 1.54) is 24.3 Å². The average Bonchev–Trinajstić information content (AvgIpc) is 3.20. The van der Waals surface area contributed by atoms with Gasteiger partial charge in [-0.25, -0.2) is 9.78 Å². The quantitative estimate of drug-likeness (QED) is 0.415. The standard InChI is InChI=1S/C21H22F3N5O5S/c22-21(23,24)15-3-1-2-4-18(15)35(31,32)34-14-5-6-16-17(13-14)27-19(26-16)28-20(30)25-7-8-29-9-11-33-12-10-29/h1-6,13H,7-12H2,(H3,25,26,27,28,30). The van der Waals surface area contributed by atoms with Gasteiger partial charge in [-0.3, -0.25) is 10.2 Å². The zero-order valence-electron chi connectivity index (χ0n) is 18.3. The summed E-state index contributed by atoms with van der Waals surface area (Å²) in [5, 5.41) is 5.26. The molecule has 0 spiro atoms. The summed E-state index contributed by atoms with van der Waals surface area (Å²) >= 11 is 0. The molecule has 1 fully saturated rings. The fourth-order valence-corrected chi connectivity index (χ4v) is 4.64. The summed E-state index contributed by atoms with van der Waals surface area (Å²) in [6.45, 7) is 4.01. The molecule has 0 atom stereocenters. The number of aromatic nitrogens is 2. The number of aromatic amines is 1. The third kappa shape index (κ3) is 6.21. The average molecular weight is 513 g/mol. The number of anilines is 1. The van der Waals surface area contributed by atoms with Gasteiger partial charge in [0, 0.05) is 32.2 Å². The molecule has 10 nitrogen and oxygen atoms in total. The van der Waals surface area contributed by atoms with E-state index in [2.05, 4.69) is 25.5 Å². The van der Waals surface area contributed by atoms with Crippen molar-refractivity contribution in [3.8, 4) is 5.75 Å². The van der Waals surface area contributed by atoms with Crippen molar-refractivity contribution < 1.29 is 35.3 Å². The maximum absolute atomic E-state index is 13.2. The number of hydrogen-bond donors (Lipinski definition) is 3. The van der Waals surface area contributed by atoms with E-state index in [1.807, 2.05) is 0 Å². The Hall–Kier alpha value is -3.36. The first kappa shape index (κ1) is 24.8. The third-order valence-electron chi connectivity index (χ3n) is 5.17. The Balaban J connectivity index is 1.41. The van der Waals surface area contributed by atoms with E-state index in [1.54, 1.807) is 0 Å². The van der Waals surface area contributed by atoms with Crippen LogP contribution in [-0.4, -0.2) is 68.7 Å². The first-order valence-corrected chi connectivity index (χ1v) is 12.0. The number of carbonyl (C=O) groups excluding carboxylic acids is 1. The molecule has 1 aliphatic rings. The predicted molar refractivity (Wildman–Crippen MR) is 120 cm³/mol. The molecule has 188 valence electrons. The summed E-state index contributed by atoms with van der Waals surface area (Å²) in [5.74, 6) is -0.131. The van der Waals surface area contributed by atoms with Crippen LogP contribution < -0.4 is 14.8 Å². The van der Waals surface area contributed by atoms with E-state index in [0.717, 1.165) is 25.2 Å². The zero-order chi connectivity index (χ0) is 25.1. The van der Waals surface area contributed by atoms with Crippen LogP contribution in [0.4, 0.5) is 23.9 Å². The molecule has 2 heterocycles. The lowest BCUT2D eigenvalue weighted by Gasteiger charge is -2.26. The molecular formula is C21H22F3N5O5S. The largest absolute Gasteiger partial charge is 0.417 e. The number of nitrogens with one attached hydrogen (secondary N) is 3. The second-order valence-electron chi connectivity index (χ2n) is 7.63. The molecule has 0 bridgehead atoms. The predicted octanol–water partition coefficient (Wildman–Crippen LogP) is 2.80. The van der Waals surface area contributed by atoms with E-state index < -0.39 is 32.8 Å². The highest BCUT2D eigenvalue weighted by molar-refractivity contribution is 7.87. The van der Waals surface area contributed by atoms with Crippen LogP contribution in [-0.2, 0) is 21.0 Å². The highest BCUT2D eigenvalue weighted by Gasteiger charge is 2.37. The monoisotopic (exact) mass is 513 g/mol. The van der Waals surface area contributed by atoms with E-state index in [-0.39, 0.29) is 17.2 Å². The maximum atomic E-state index is 13.2. The van der Waals surface area contributed by atoms with Gasteiger partial charge in [0.2, 0.25) is 5.95 Å². The number of ether oxygens (including phenoxy) is 1. The highest BCUT2D eigenvalue weighted by atomic mass is 32.2. The molecule has 2 amide bonds. The van der Waals surface area contributed by atoms with Crippen molar-refractivity contribution in [2.24, 2.45) is 0 Å². The van der Waals surface area contributed by atoms with Crippen molar-refractivity contribution >= 4 is 33.1 Å². The summed E-state index contributed by atoms with van der Waals surface area (Å²) in [4.78, 5) is 20.3. The summed E-state index contributed by atoms with van der Waals surface area (Å²) in [5.41, 5.74) is -0.633. The number of halogens is 3. The zero-order valence-corrected chi connectivity index (χ0v) is 19.1. The molecule has 0 radical (unpaired) electrons. The van der Waals surface area contributed by atoms with Crippen LogP contribution in [0.25, 0.3) is 11.0 Å². The molecule has 0 aliphatic carbocycles. The smallest absolute Gasteiger partial charge is 0.379 e. The number of hydrogen-bond acceptors (Lipinski definition) is 7. The minimum atomic E-state index is -4.87. The molecule has 3 aromatic rings. The number of nitrogens with zero attached hydrogens (tertiary/aromatic N) is 2. The number of amides is 2. The topological polar surface area (TPSA) is 126 Å². The summed E-state index contributed by atoms with van der Waals surface area (Å²) in [7, 11) is -4.78. The lowest BCUT2D eigenvalue weighted by atomic mass is 10.2. The number of benzene rings is 2. The van der Waals surface area contributed by atoms with Crippen molar-refractivity contribution in [3.05, 3.63) is 48.0 Å². The number of urea groups is 1. The van der Waals surface area contributed by atoms with Crippen molar-refractivity contribution in [2.45, 2.75) is 11.1 Å². The number of rotatable bonds is 7. The molecule has 0 unspecified atom stereocenters.